The number of likely N-dealkylation sites (tertiary alicyclic amines) is 1. The predicted octanol–water partition coefficient (Wildman–Crippen LogP) is 4.53. The summed E-state index contributed by atoms with van der Waals surface area (Å²) in [7, 11) is -2.86. The van der Waals surface area contributed by atoms with Gasteiger partial charge in [0.05, 0.1) is 23.1 Å². The van der Waals surface area contributed by atoms with Crippen LogP contribution in [-0.4, -0.2) is 39.4 Å². The monoisotopic (exact) mass is 456 g/mol. The molecule has 0 spiro atoms. The Morgan fingerprint density at radius 3 is 2.32 bits per heavy atom. The maximum atomic E-state index is 13.0. The molecule has 0 bridgehead atoms. The molecule has 2 aromatic carbocycles. The van der Waals surface area contributed by atoms with Gasteiger partial charge in [-0.25, -0.2) is 8.42 Å². The highest BCUT2D eigenvalue weighted by Crippen LogP contribution is 2.32. The molecule has 1 N–H and O–H groups in total. The van der Waals surface area contributed by atoms with Crippen LogP contribution < -0.4 is 9.46 Å². The van der Waals surface area contributed by atoms with Crippen LogP contribution in [0.4, 0.5) is 18.9 Å². The van der Waals surface area contributed by atoms with Crippen molar-refractivity contribution in [3.8, 4) is 5.75 Å². The average Bonchev–Trinajstić information content (AvgIpc) is 3.01. The van der Waals surface area contributed by atoms with Crippen LogP contribution in [0.2, 0.25) is 0 Å². The number of halogens is 3. The Morgan fingerprint density at radius 1 is 1.03 bits per heavy atom. The summed E-state index contributed by atoms with van der Waals surface area (Å²) in [4.78, 5) is 14.5. The first-order chi connectivity index (χ1) is 14.6. The van der Waals surface area contributed by atoms with Gasteiger partial charge in [0.25, 0.3) is 15.9 Å². The predicted molar refractivity (Wildman–Crippen MR) is 110 cm³/mol. The zero-order valence-corrected chi connectivity index (χ0v) is 17.7. The maximum absolute atomic E-state index is 13.0. The molecule has 10 heteroatoms. The minimum Gasteiger partial charge on any atom is -0.496 e. The molecule has 3 rings (SSSR count). The Morgan fingerprint density at radius 2 is 1.71 bits per heavy atom. The molecule has 1 aliphatic heterocycles. The number of ether oxygens (including phenoxy) is 1. The molecule has 2 aromatic rings. The Balaban J connectivity index is 1.91. The van der Waals surface area contributed by atoms with Crippen LogP contribution in [0.15, 0.2) is 47.4 Å². The van der Waals surface area contributed by atoms with Crippen molar-refractivity contribution < 1.29 is 31.1 Å². The Kier molecular flexibility index (Phi) is 6.78. The van der Waals surface area contributed by atoms with Crippen molar-refractivity contribution in [1.82, 2.24) is 4.90 Å². The molecule has 0 radical (unpaired) electrons. The van der Waals surface area contributed by atoms with Gasteiger partial charge in [-0.3, -0.25) is 9.52 Å². The molecular formula is C21H23F3N2O4S. The van der Waals surface area contributed by atoms with E-state index < -0.39 is 21.8 Å². The number of carbonyl (C=O) groups is 1. The highest BCUT2D eigenvalue weighted by molar-refractivity contribution is 7.92. The van der Waals surface area contributed by atoms with E-state index >= 15 is 0 Å². The van der Waals surface area contributed by atoms with Crippen LogP contribution >= 0.6 is 0 Å². The summed E-state index contributed by atoms with van der Waals surface area (Å²) in [6.45, 7) is 1.14. The van der Waals surface area contributed by atoms with Gasteiger partial charge in [0.1, 0.15) is 5.75 Å². The van der Waals surface area contributed by atoms with E-state index in [1.165, 1.54) is 31.4 Å². The summed E-state index contributed by atoms with van der Waals surface area (Å²) in [6, 6.07) is 7.71. The van der Waals surface area contributed by atoms with Crippen molar-refractivity contribution in [1.29, 1.82) is 0 Å². The van der Waals surface area contributed by atoms with Crippen molar-refractivity contribution in [3.05, 3.63) is 53.6 Å². The second-order valence-corrected chi connectivity index (χ2v) is 8.93. The van der Waals surface area contributed by atoms with Crippen LogP contribution in [0.5, 0.6) is 5.75 Å². The molecule has 6 nitrogen and oxygen atoms in total. The number of sulfonamides is 1. The molecule has 0 saturated carbocycles. The fraction of sp³-hybridized carbons (Fsp3) is 0.381. The largest absolute Gasteiger partial charge is 0.496 e. The highest BCUT2D eigenvalue weighted by Gasteiger charge is 2.31. The zero-order valence-electron chi connectivity index (χ0n) is 16.9. The lowest BCUT2D eigenvalue weighted by Gasteiger charge is -2.22. The van der Waals surface area contributed by atoms with Gasteiger partial charge >= 0.3 is 6.18 Å². The Bertz CT molecular complexity index is 1050. The number of anilines is 1. The molecule has 1 fully saturated rings. The van der Waals surface area contributed by atoms with E-state index in [0.29, 0.717) is 19.2 Å². The number of carbonyl (C=O) groups excluding carboxylic acids is 1. The van der Waals surface area contributed by atoms with Crippen molar-refractivity contribution in [2.45, 2.75) is 36.8 Å². The summed E-state index contributed by atoms with van der Waals surface area (Å²) in [5.41, 5.74) is -1.11. The summed E-state index contributed by atoms with van der Waals surface area (Å²) in [5, 5.41) is 0. The molecule has 1 aliphatic rings. The minimum atomic E-state index is -4.60. The van der Waals surface area contributed by atoms with E-state index in [4.69, 9.17) is 4.74 Å². The van der Waals surface area contributed by atoms with Crippen molar-refractivity contribution in [3.63, 3.8) is 0 Å². The van der Waals surface area contributed by atoms with E-state index in [-0.39, 0.29) is 27.8 Å². The van der Waals surface area contributed by atoms with Gasteiger partial charge < -0.3 is 9.64 Å². The van der Waals surface area contributed by atoms with Gasteiger partial charge in [0.15, 0.2) is 0 Å². The number of hydrogen-bond donors (Lipinski definition) is 1. The molecule has 31 heavy (non-hydrogen) atoms. The van der Waals surface area contributed by atoms with E-state index in [1.54, 1.807) is 4.90 Å². The zero-order chi connectivity index (χ0) is 22.6. The fourth-order valence-corrected chi connectivity index (χ4v) is 4.51. The molecule has 1 saturated heterocycles. The van der Waals surface area contributed by atoms with Crippen molar-refractivity contribution in [2.75, 3.05) is 24.9 Å². The van der Waals surface area contributed by atoms with Gasteiger partial charge in [-0.2, -0.15) is 13.2 Å². The first-order valence-corrected chi connectivity index (χ1v) is 11.3. The third-order valence-corrected chi connectivity index (χ3v) is 6.43. The Hall–Kier alpha value is -2.75. The van der Waals surface area contributed by atoms with E-state index in [0.717, 1.165) is 37.8 Å². The third kappa shape index (κ3) is 5.49. The van der Waals surface area contributed by atoms with E-state index in [1.807, 2.05) is 0 Å². The maximum Gasteiger partial charge on any atom is 0.416 e. The summed E-state index contributed by atoms with van der Waals surface area (Å²) < 4.78 is 71.8. The molecule has 0 atom stereocenters. The summed E-state index contributed by atoms with van der Waals surface area (Å²) in [5.74, 6) is -0.109. The first-order valence-electron chi connectivity index (χ1n) is 9.79. The summed E-state index contributed by atoms with van der Waals surface area (Å²) in [6.07, 6.45) is -0.826. The number of rotatable bonds is 5. The average molecular weight is 456 g/mol. The lowest BCUT2D eigenvalue weighted by molar-refractivity contribution is -0.137. The van der Waals surface area contributed by atoms with Crippen LogP contribution in [0, 0.1) is 0 Å². The standard InChI is InChI=1S/C21H23F3N2O4S/c1-30-19-10-9-17(14-18(19)20(27)26-11-4-2-3-5-12-26)31(28,29)25-16-8-6-7-15(13-16)21(22,23)24/h6-10,13-14,25H,2-5,11-12H2,1H3. The Labute approximate surface area is 179 Å². The smallest absolute Gasteiger partial charge is 0.416 e. The SMILES string of the molecule is COc1ccc(S(=O)(=O)Nc2cccc(C(F)(F)F)c2)cc1C(=O)N1CCCCCC1. The highest BCUT2D eigenvalue weighted by atomic mass is 32.2. The van der Waals surface area contributed by atoms with Gasteiger partial charge in [0.2, 0.25) is 0 Å². The molecule has 0 unspecified atom stereocenters. The number of benzene rings is 2. The fourth-order valence-electron chi connectivity index (χ4n) is 3.44. The number of hydrogen-bond acceptors (Lipinski definition) is 4. The van der Waals surface area contributed by atoms with E-state index in [9.17, 15) is 26.4 Å². The number of nitrogens with zero attached hydrogens (tertiary/aromatic N) is 1. The van der Waals surface area contributed by atoms with Gasteiger partial charge in [-0.1, -0.05) is 18.9 Å². The van der Waals surface area contributed by atoms with Gasteiger partial charge in [0, 0.05) is 18.8 Å². The summed E-state index contributed by atoms with van der Waals surface area (Å²) >= 11 is 0. The van der Waals surface area contributed by atoms with E-state index in [2.05, 4.69) is 4.72 Å². The van der Waals surface area contributed by atoms with Crippen molar-refractivity contribution >= 4 is 21.6 Å². The number of nitrogens with one attached hydrogen (secondary N) is 1. The van der Waals surface area contributed by atoms with Crippen LogP contribution in [0.3, 0.4) is 0 Å². The second kappa shape index (κ2) is 9.17. The number of amides is 1. The quantitative estimate of drug-likeness (QED) is 0.717. The van der Waals surface area contributed by atoms with Crippen molar-refractivity contribution in [2.24, 2.45) is 0 Å². The molecule has 0 aromatic heterocycles. The molecule has 168 valence electrons. The second-order valence-electron chi connectivity index (χ2n) is 7.25. The lowest BCUT2D eigenvalue weighted by Crippen LogP contribution is -2.32. The van der Waals surface area contributed by atoms with Crippen LogP contribution in [0.1, 0.15) is 41.6 Å². The number of alkyl halides is 3. The first kappa shape index (κ1) is 22.9. The van der Waals surface area contributed by atoms with Crippen LogP contribution in [-0.2, 0) is 16.2 Å². The third-order valence-electron chi connectivity index (χ3n) is 5.05. The molecule has 1 heterocycles. The minimum absolute atomic E-state index is 0.0938. The van der Waals surface area contributed by atoms with Gasteiger partial charge in [-0.15, -0.1) is 0 Å². The lowest BCUT2D eigenvalue weighted by atomic mass is 10.1. The number of methoxy groups -OCH3 is 1. The van der Waals surface area contributed by atoms with Crippen LogP contribution in [0.25, 0.3) is 0 Å². The molecular weight excluding hydrogens is 433 g/mol. The van der Waals surface area contributed by atoms with Gasteiger partial charge in [-0.05, 0) is 49.2 Å². The topological polar surface area (TPSA) is 75.7 Å². The normalized spacial score (nSPS) is 15.3. The molecule has 0 aliphatic carbocycles. The molecule has 1 amide bonds.